The van der Waals surface area contributed by atoms with E-state index in [0.29, 0.717) is 17.8 Å². The van der Waals surface area contributed by atoms with Crippen LogP contribution in [0.25, 0.3) is 0 Å². The lowest BCUT2D eigenvalue weighted by atomic mass is 9.77. The molecule has 3 aliphatic rings. The molecule has 0 aromatic carbocycles. The first-order valence-electron chi connectivity index (χ1n) is 5.23. The van der Waals surface area contributed by atoms with Gasteiger partial charge in [0.15, 0.2) is 0 Å². The SMILES string of the molecule is Nc1nsc(C2CN3CCC2C(O)C3)n1. The van der Waals surface area contributed by atoms with Crippen molar-refractivity contribution in [1.82, 2.24) is 14.3 Å². The zero-order valence-electron chi connectivity index (χ0n) is 8.33. The first-order chi connectivity index (χ1) is 7.24. The molecular formula is C9H14N4OS. The summed E-state index contributed by atoms with van der Waals surface area (Å²) >= 11 is 1.37. The van der Waals surface area contributed by atoms with Crippen LogP contribution in [-0.2, 0) is 0 Å². The van der Waals surface area contributed by atoms with Gasteiger partial charge in [-0.1, -0.05) is 0 Å². The second-order valence-corrected chi connectivity index (χ2v) is 5.16. The molecule has 3 saturated heterocycles. The quantitative estimate of drug-likeness (QED) is 0.699. The van der Waals surface area contributed by atoms with Crippen LogP contribution in [-0.4, -0.2) is 45.1 Å². The highest BCUT2D eigenvalue weighted by Gasteiger charge is 2.42. The molecule has 2 bridgehead atoms. The number of nitrogens with two attached hydrogens (primary N) is 1. The predicted octanol–water partition coefficient (Wildman–Crippen LogP) is -0.0997. The summed E-state index contributed by atoms with van der Waals surface area (Å²) < 4.78 is 4.01. The molecule has 4 unspecified atom stereocenters. The Morgan fingerprint density at radius 1 is 1.47 bits per heavy atom. The molecule has 1 aromatic heterocycles. The minimum atomic E-state index is -0.206. The fourth-order valence-corrected chi connectivity index (χ4v) is 3.47. The standard InChI is InChI=1S/C9H14N4OS/c10-9-11-8(15-12-9)6-3-13-2-1-5(6)7(14)4-13/h5-7,14H,1-4H2,(H2,10,12). The molecule has 0 spiro atoms. The average molecular weight is 226 g/mol. The lowest BCUT2D eigenvalue weighted by molar-refractivity contribution is -0.0373. The smallest absolute Gasteiger partial charge is 0.232 e. The Bertz CT molecular complexity index is 369. The van der Waals surface area contributed by atoms with Crippen LogP contribution in [0.2, 0.25) is 0 Å². The lowest BCUT2D eigenvalue weighted by Crippen LogP contribution is -2.54. The normalized spacial score (nSPS) is 39.5. The summed E-state index contributed by atoms with van der Waals surface area (Å²) in [5.41, 5.74) is 5.53. The molecule has 0 aliphatic carbocycles. The Hall–Kier alpha value is -0.720. The van der Waals surface area contributed by atoms with Crippen molar-refractivity contribution < 1.29 is 5.11 Å². The van der Waals surface area contributed by atoms with Crippen molar-refractivity contribution in [2.24, 2.45) is 5.92 Å². The van der Waals surface area contributed by atoms with E-state index in [4.69, 9.17) is 5.73 Å². The van der Waals surface area contributed by atoms with Gasteiger partial charge in [0.05, 0.1) is 6.10 Å². The van der Waals surface area contributed by atoms with Gasteiger partial charge in [-0.05, 0) is 30.4 Å². The molecule has 0 amide bonds. The number of rotatable bonds is 1. The predicted molar refractivity (Wildman–Crippen MR) is 57.6 cm³/mol. The van der Waals surface area contributed by atoms with E-state index in [1.54, 1.807) is 0 Å². The van der Waals surface area contributed by atoms with E-state index in [-0.39, 0.29) is 6.10 Å². The van der Waals surface area contributed by atoms with E-state index in [2.05, 4.69) is 14.3 Å². The third-order valence-corrected chi connectivity index (χ3v) is 4.32. The molecule has 4 atom stereocenters. The van der Waals surface area contributed by atoms with Crippen molar-refractivity contribution in [2.45, 2.75) is 18.4 Å². The van der Waals surface area contributed by atoms with Gasteiger partial charge in [0.1, 0.15) is 5.01 Å². The summed E-state index contributed by atoms with van der Waals surface area (Å²) in [6.45, 7) is 2.92. The largest absolute Gasteiger partial charge is 0.391 e. The van der Waals surface area contributed by atoms with Crippen LogP contribution in [0.1, 0.15) is 17.3 Å². The molecule has 82 valence electrons. The highest BCUT2D eigenvalue weighted by Crippen LogP contribution is 2.39. The van der Waals surface area contributed by atoms with E-state index >= 15 is 0 Å². The molecule has 4 rings (SSSR count). The molecule has 1 aromatic rings. The zero-order chi connectivity index (χ0) is 10.4. The van der Waals surface area contributed by atoms with E-state index in [1.807, 2.05) is 0 Å². The van der Waals surface area contributed by atoms with Crippen LogP contribution in [0.5, 0.6) is 0 Å². The molecule has 5 nitrogen and oxygen atoms in total. The summed E-state index contributed by atoms with van der Waals surface area (Å²) in [6, 6.07) is 0. The maximum absolute atomic E-state index is 9.92. The third-order valence-electron chi connectivity index (χ3n) is 3.46. The maximum Gasteiger partial charge on any atom is 0.232 e. The highest BCUT2D eigenvalue weighted by atomic mass is 32.1. The first kappa shape index (κ1) is 9.50. The Balaban J connectivity index is 1.88. The van der Waals surface area contributed by atoms with Gasteiger partial charge in [0.2, 0.25) is 5.95 Å². The van der Waals surface area contributed by atoms with Crippen LogP contribution in [0.4, 0.5) is 5.95 Å². The fraction of sp³-hybridized carbons (Fsp3) is 0.778. The van der Waals surface area contributed by atoms with Crippen LogP contribution >= 0.6 is 11.5 Å². The molecule has 3 aliphatic heterocycles. The van der Waals surface area contributed by atoms with Gasteiger partial charge in [-0.15, -0.1) is 0 Å². The topological polar surface area (TPSA) is 75.3 Å². The monoisotopic (exact) mass is 226 g/mol. The molecule has 0 radical (unpaired) electrons. The van der Waals surface area contributed by atoms with E-state index in [9.17, 15) is 5.11 Å². The van der Waals surface area contributed by atoms with E-state index in [0.717, 1.165) is 31.1 Å². The van der Waals surface area contributed by atoms with Crippen LogP contribution in [0.15, 0.2) is 0 Å². The number of piperidine rings is 3. The third kappa shape index (κ3) is 1.53. The van der Waals surface area contributed by atoms with Crippen molar-refractivity contribution in [3.63, 3.8) is 0 Å². The highest BCUT2D eigenvalue weighted by molar-refractivity contribution is 7.05. The molecule has 6 heteroatoms. The summed E-state index contributed by atoms with van der Waals surface area (Å²) in [5, 5.41) is 10.9. The van der Waals surface area contributed by atoms with Crippen LogP contribution < -0.4 is 5.73 Å². The number of hydrogen-bond donors (Lipinski definition) is 2. The minimum Gasteiger partial charge on any atom is -0.391 e. The molecule has 3 N–H and O–H groups in total. The number of aliphatic hydroxyl groups excluding tert-OH is 1. The van der Waals surface area contributed by atoms with E-state index in [1.165, 1.54) is 11.5 Å². The van der Waals surface area contributed by atoms with Gasteiger partial charge in [0.25, 0.3) is 0 Å². The number of anilines is 1. The Labute approximate surface area is 92.1 Å². The molecule has 4 heterocycles. The Kier molecular flexibility index (Phi) is 2.15. The first-order valence-corrected chi connectivity index (χ1v) is 6.01. The average Bonchev–Trinajstić information content (AvgIpc) is 2.65. The van der Waals surface area contributed by atoms with Crippen LogP contribution in [0.3, 0.4) is 0 Å². The van der Waals surface area contributed by atoms with Gasteiger partial charge >= 0.3 is 0 Å². The second-order valence-electron chi connectivity index (χ2n) is 4.38. The van der Waals surface area contributed by atoms with Gasteiger partial charge in [-0.25, -0.2) is 4.98 Å². The summed E-state index contributed by atoms with van der Waals surface area (Å²) in [6.07, 6.45) is 0.855. The van der Waals surface area contributed by atoms with Crippen molar-refractivity contribution in [3.8, 4) is 0 Å². The number of aliphatic hydroxyl groups is 1. The van der Waals surface area contributed by atoms with Gasteiger partial charge in [-0.3, -0.25) is 0 Å². The van der Waals surface area contributed by atoms with Gasteiger partial charge < -0.3 is 15.7 Å². The number of nitrogens with zero attached hydrogens (tertiary/aromatic N) is 3. The van der Waals surface area contributed by atoms with Crippen molar-refractivity contribution in [3.05, 3.63) is 5.01 Å². The zero-order valence-corrected chi connectivity index (χ0v) is 9.15. The fourth-order valence-electron chi connectivity index (χ4n) is 2.72. The molecular weight excluding hydrogens is 212 g/mol. The molecule has 0 saturated carbocycles. The Morgan fingerprint density at radius 3 is 2.93 bits per heavy atom. The van der Waals surface area contributed by atoms with Crippen molar-refractivity contribution >= 4 is 17.5 Å². The number of hydrogen-bond acceptors (Lipinski definition) is 6. The molecule has 15 heavy (non-hydrogen) atoms. The summed E-state index contributed by atoms with van der Waals surface area (Å²) in [5.74, 6) is 1.04. The number of nitrogen functional groups attached to an aromatic ring is 1. The lowest BCUT2D eigenvalue weighted by Gasteiger charge is -2.46. The van der Waals surface area contributed by atoms with Crippen LogP contribution in [0, 0.1) is 5.92 Å². The Morgan fingerprint density at radius 2 is 2.33 bits per heavy atom. The van der Waals surface area contributed by atoms with Crippen molar-refractivity contribution in [1.29, 1.82) is 0 Å². The minimum absolute atomic E-state index is 0.206. The summed E-state index contributed by atoms with van der Waals surface area (Å²) in [4.78, 5) is 6.53. The van der Waals surface area contributed by atoms with Crippen molar-refractivity contribution in [2.75, 3.05) is 25.4 Å². The number of fused-ring (bicyclic) bond motifs is 3. The van der Waals surface area contributed by atoms with E-state index < -0.39 is 0 Å². The summed E-state index contributed by atoms with van der Waals surface area (Å²) in [7, 11) is 0. The molecule has 3 fully saturated rings. The maximum atomic E-state index is 9.92. The second kappa shape index (κ2) is 3.40. The number of aromatic nitrogens is 2. The van der Waals surface area contributed by atoms with Gasteiger partial charge in [-0.2, -0.15) is 4.37 Å². The van der Waals surface area contributed by atoms with Gasteiger partial charge in [0, 0.05) is 19.0 Å².